The fraction of sp³-hybridized carbons (Fsp3) is 0.625. The number of nitrogens with one attached hydrogen (secondary N) is 1. The summed E-state index contributed by atoms with van der Waals surface area (Å²) in [6, 6.07) is 6.59. The van der Waals surface area contributed by atoms with Crippen molar-refractivity contribution in [2.24, 2.45) is 5.92 Å². The van der Waals surface area contributed by atoms with E-state index < -0.39 is 10.0 Å². The summed E-state index contributed by atoms with van der Waals surface area (Å²) in [7, 11) is -2.11. The Kier molecular flexibility index (Phi) is 6.23. The molecule has 0 aromatic heterocycles. The predicted molar refractivity (Wildman–Crippen MR) is 85.6 cm³/mol. The monoisotopic (exact) mass is 327 g/mol. The molecule has 0 bridgehead atoms. The zero-order valence-corrected chi connectivity index (χ0v) is 14.1. The highest BCUT2D eigenvalue weighted by atomic mass is 32.2. The van der Waals surface area contributed by atoms with Crippen LogP contribution in [0.15, 0.2) is 29.2 Å². The molecule has 22 heavy (non-hydrogen) atoms. The molecule has 1 fully saturated rings. The summed E-state index contributed by atoms with van der Waals surface area (Å²) in [5, 5.41) is 0. The van der Waals surface area contributed by atoms with Gasteiger partial charge in [0.25, 0.3) is 0 Å². The second-order valence-electron chi connectivity index (χ2n) is 5.72. The predicted octanol–water partition coefficient (Wildman–Crippen LogP) is 2.57. The quantitative estimate of drug-likeness (QED) is 0.782. The number of sulfonamides is 1. The van der Waals surface area contributed by atoms with Gasteiger partial charge in [0.05, 0.1) is 19.8 Å². The van der Waals surface area contributed by atoms with E-state index in [0.29, 0.717) is 18.3 Å². The van der Waals surface area contributed by atoms with Gasteiger partial charge in [-0.1, -0.05) is 31.9 Å². The molecular formula is C16H25NO4S. The first-order valence-corrected chi connectivity index (χ1v) is 9.27. The molecule has 0 saturated heterocycles. The van der Waals surface area contributed by atoms with Crippen molar-refractivity contribution in [1.82, 2.24) is 4.72 Å². The first kappa shape index (κ1) is 17.2. The normalized spacial score (nSPS) is 22.5. The molecule has 1 aromatic rings. The molecule has 0 aliphatic heterocycles. The topological polar surface area (TPSA) is 64.6 Å². The maximum absolute atomic E-state index is 12.3. The fourth-order valence-corrected chi connectivity index (χ4v) is 4.02. The summed E-state index contributed by atoms with van der Waals surface area (Å²) >= 11 is 0. The van der Waals surface area contributed by atoms with Crippen LogP contribution in [0.5, 0.6) is 5.75 Å². The zero-order chi connectivity index (χ0) is 16.0. The molecule has 2 unspecified atom stereocenters. The van der Waals surface area contributed by atoms with Crippen LogP contribution in [0.4, 0.5) is 0 Å². The summed E-state index contributed by atoms with van der Waals surface area (Å²) in [6.45, 7) is 2.86. The lowest BCUT2D eigenvalue weighted by Crippen LogP contribution is -2.32. The van der Waals surface area contributed by atoms with Gasteiger partial charge in [-0.15, -0.1) is 0 Å². The second kappa shape index (κ2) is 7.94. The molecule has 0 amide bonds. The van der Waals surface area contributed by atoms with Crippen molar-refractivity contribution in [2.75, 3.05) is 20.3 Å². The number of rotatable bonds is 7. The Bertz CT molecular complexity index is 573. The van der Waals surface area contributed by atoms with Gasteiger partial charge in [-0.05, 0) is 30.9 Å². The van der Waals surface area contributed by atoms with Crippen LogP contribution in [0.25, 0.3) is 0 Å². The van der Waals surface area contributed by atoms with Gasteiger partial charge >= 0.3 is 0 Å². The minimum Gasteiger partial charge on any atom is -0.495 e. The highest BCUT2D eigenvalue weighted by molar-refractivity contribution is 7.89. The van der Waals surface area contributed by atoms with Crippen LogP contribution in [-0.4, -0.2) is 34.8 Å². The lowest BCUT2D eigenvalue weighted by Gasteiger charge is -2.28. The molecule has 2 rings (SSSR count). The molecular weight excluding hydrogens is 302 g/mol. The fourth-order valence-electron chi connectivity index (χ4n) is 2.83. The first-order chi connectivity index (χ1) is 10.5. The molecule has 6 heteroatoms. The molecule has 0 heterocycles. The summed E-state index contributed by atoms with van der Waals surface area (Å²) in [5.41, 5.74) is 0. The second-order valence-corrected chi connectivity index (χ2v) is 7.45. The van der Waals surface area contributed by atoms with E-state index in [1.54, 1.807) is 18.2 Å². The molecule has 1 aromatic carbocycles. The SMILES string of the molecule is COc1ccccc1S(=O)(=O)NCCOC1CCCCC1C. The van der Waals surface area contributed by atoms with Crippen molar-refractivity contribution in [3.8, 4) is 5.75 Å². The first-order valence-electron chi connectivity index (χ1n) is 7.79. The van der Waals surface area contributed by atoms with Gasteiger partial charge < -0.3 is 9.47 Å². The molecule has 5 nitrogen and oxygen atoms in total. The zero-order valence-electron chi connectivity index (χ0n) is 13.2. The highest BCUT2D eigenvalue weighted by Crippen LogP contribution is 2.26. The summed E-state index contributed by atoms with van der Waals surface area (Å²) < 4.78 is 38.1. The van der Waals surface area contributed by atoms with E-state index in [1.165, 1.54) is 32.4 Å². The number of hydrogen-bond acceptors (Lipinski definition) is 4. The number of methoxy groups -OCH3 is 1. The van der Waals surface area contributed by atoms with Crippen molar-refractivity contribution in [3.05, 3.63) is 24.3 Å². The van der Waals surface area contributed by atoms with Gasteiger partial charge in [0.15, 0.2) is 0 Å². The van der Waals surface area contributed by atoms with Crippen LogP contribution < -0.4 is 9.46 Å². The molecule has 0 spiro atoms. The lowest BCUT2D eigenvalue weighted by molar-refractivity contribution is -0.00177. The smallest absolute Gasteiger partial charge is 0.244 e. The van der Waals surface area contributed by atoms with E-state index >= 15 is 0 Å². The van der Waals surface area contributed by atoms with E-state index in [1.807, 2.05) is 0 Å². The van der Waals surface area contributed by atoms with E-state index in [4.69, 9.17) is 9.47 Å². The number of hydrogen-bond donors (Lipinski definition) is 1. The Morgan fingerprint density at radius 1 is 1.23 bits per heavy atom. The minimum atomic E-state index is -3.57. The molecule has 124 valence electrons. The standard InChI is InChI=1S/C16H25NO4S/c1-13-7-3-4-8-14(13)21-12-11-17-22(18,19)16-10-6-5-9-15(16)20-2/h5-6,9-10,13-14,17H,3-4,7-8,11-12H2,1-2H3. The maximum Gasteiger partial charge on any atom is 0.244 e. The molecule has 0 radical (unpaired) electrons. The average molecular weight is 327 g/mol. The van der Waals surface area contributed by atoms with Crippen molar-refractivity contribution < 1.29 is 17.9 Å². The molecule has 1 saturated carbocycles. The van der Waals surface area contributed by atoms with Crippen LogP contribution in [0.3, 0.4) is 0 Å². The lowest BCUT2D eigenvalue weighted by atomic mass is 9.88. The van der Waals surface area contributed by atoms with Crippen molar-refractivity contribution in [1.29, 1.82) is 0 Å². The summed E-state index contributed by atoms with van der Waals surface area (Å²) in [4.78, 5) is 0.156. The number of benzene rings is 1. The summed E-state index contributed by atoms with van der Waals surface area (Å²) in [5.74, 6) is 0.899. The largest absolute Gasteiger partial charge is 0.495 e. The number of ether oxygens (including phenoxy) is 2. The van der Waals surface area contributed by atoms with Crippen LogP contribution in [0, 0.1) is 5.92 Å². The van der Waals surface area contributed by atoms with Crippen molar-refractivity contribution in [3.63, 3.8) is 0 Å². The van der Waals surface area contributed by atoms with Crippen molar-refractivity contribution in [2.45, 2.75) is 43.6 Å². The molecule has 1 aliphatic carbocycles. The highest BCUT2D eigenvalue weighted by Gasteiger charge is 2.22. The van der Waals surface area contributed by atoms with Crippen LogP contribution >= 0.6 is 0 Å². The van der Waals surface area contributed by atoms with Gasteiger partial charge in [0.1, 0.15) is 10.6 Å². The Hall–Kier alpha value is -1.11. The van der Waals surface area contributed by atoms with Gasteiger partial charge in [0, 0.05) is 6.54 Å². The van der Waals surface area contributed by atoms with E-state index in [9.17, 15) is 8.42 Å². The van der Waals surface area contributed by atoms with Crippen LogP contribution in [-0.2, 0) is 14.8 Å². The maximum atomic E-state index is 12.3. The van der Waals surface area contributed by atoms with Crippen molar-refractivity contribution >= 4 is 10.0 Å². The van der Waals surface area contributed by atoms with E-state index in [-0.39, 0.29) is 17.5 Å². The van der Waals surface area contributed by atoms with Crippen LogP contribution in [0.2, 0.25) is 0 Å². The third kappa shape index (κ3) is 4.44. The Morgan fingerprint density at radius 3 is 2.68 bits per heavy atom. The Balaban J connectivity index is 1.85. The molecule has 1 aliphatic rings. The van der Waals surface area contributed by atoms with Crippen LogP contribution in [0.1, 0.15) is 32.6 Å². The van der Waals surface area contributed by atoms with Gasteiger partial charge in [-0.25, -0.2) is 13.1 Å². The Labute approximate surface area is 133 Å². The third-order valence-corrected chi connectivity index (χ3v) is 5.62. The molecule has 2 atom stereocenters. The number of para-hydroxylation sites is 1. The van der Waals surface area contributed by atoms with Gasteiger partial charge in [-0.3, -0.25) is 0 Å². The third-order valence-electron chi connectivity index (χ3n) is 4.12. The molecule has 1 N–H and O–H groups in total. The minimum absolute atomic E-state index is 0.156. The van der Waals surface area contributed by atoms with Gasteiger partial charge in [-0.2, -0.15) is 0 Å². The van der Waals surface area contributed by atoms with E-state index in [2.05, 4.69) is 11.6 Å². The average Bonchev–Trinajstić information content (AvgIpc) is 2.53. The Morgan fingerprint density at radius 2 is 1.95 bits per heavy atom. The van der Waals surface area contributed by atoms with E-state index in [0.717, 1.165) is 6.42 Å². The van der Waals surface area contributed by atoms with Gasteiger partial charge in [0.2, 0.25) is 10.0 Å². The summed E-state index contributed by atoms with van der Waals surface area (Å²) in [6.07, 6.45) is 4.98.